The van der Waals surface area contributed by atoms with E-state index in [4.69, 9.17) is 10.1 Å². The Bertz CT molecular complexity index is 1170. The summed E-state index contributed by atoms with van der Waals surface area (Å²) in [5.41, 5.74) is 2.38. The van der Waals surface area contributed by atoms with Gasteiger partial charge in [0, 0.05) is 32.3 Å². The fourth-order valence-corrected chi connectivity index (χ4v) is 3.97. The standard InChI is InChI=1S/C24H34N4O3/c1-16(2)12-14-27-20-22(25-21(27)19-11-7-6-10-18(19)17(3)4)26(5)24(31)28(23(20)30)13-8-9-15-29/h6-7,10-11,16-17,29H,8-9,12-15H2,1-5H3. The molecule has 31 heavy (non-hydrogen) atoms. The number of unbranched alkanes of at least 4 members (excludes halogenated alkanes) is 1. The molecule has 7 nitrogen and oxygen atoms in total. The molecule has 0 amide bonds. The van der Waals surface area contributed by atoms with Crippen LogP contribution < -0.4 is 11.2 Å². The van der Waals surface area contributed by atoms with Gasteiger partial charge < -0.3 is 9.67 Å². The van der Waals surface area contributed by atoms with Crippen LogP contribution in [-0.2, 0) is 20.1 Å². The molecule has 3 rings (SSSR count). The fourth-order valence-electron chi connectivity index (χ4n) is 3.97. The van der Waals surface area contributed by atoms with E-state index in [9.17, 15) is 9.59 Å². The van der Waals surface area contributed by atoms with Gasteiger partial charge in [-0.05, 0) is 36.7 Å². The first-order valence-electron chi connectivity index (χ1n) is 11.2. The molecule has 2 heterocycles. The molecular formula is C24H34N4O3. The highest BCUT2D eigenvalue weighted by molar-refractivity contribution is 5.78. The van der Waals surface area contributed by atoms with E-state index in [1.807, 2.05) is 22.8 Å². The Kier molecular flexibility index (Phi) is 7.15. The maximum atomic E-state index is 13.5. The van der Waals surface area contributed by atoms with Crippen molar-refractivity contribution in [2.75, 3.05) is 6.61 Å². The molecule has 0 bridgehead atoms. The predicted molar refractivity (Wildman–Crippen MR) is 125 cm³/mol. The normalized spacial score (nSPS) is 11.9. The van der Waals surface area contributed by atoms with Crippen molar-refractivity contribution in [3.63, 3.8) is 0 Å². The van der Waals surface area contributed by atoms with Crippen molar-refractivity contribution in [2.24, 2.45) is 13.0 Å². The van der Waals surface area contributed by atoms with Crippen LogP contribution in [0.25, 0.3) is 22.6 Å². The highest BCUT2D eigenvalue weighted by Crippen LogP contribution is 2.30. The maximum Gasteiger partial charge on any atom is 0.332 e. The van der Waals surface area contributed by atoms with E-state index < -0.39 is 0 Å². The van der Waals surface area contributed by atoms with E-state index >= 15 is 0 Å². The van der Waals surface area contributed by atoms with Crippen molar-refractivity contribution < 1.29 is 5.11 Å². The first-order chi connectivity index (χ1) is 14.8. The van der Waals surface area contributed by atoms with E-state index in [-0.39, 0.29) is 24.4 Å². The van der Waals surface area contributed by atoms with E-state index in [0.717, 1.165) is 23.4 Å². The van der Waals surface area contributed by atoms with Crippen LogP contribution in [0.1, 0.15) is 58.4 Å². The second kappa shape index (κ2) is 9.64. The molecule has 0 unspecified atom stereocenters. The topological polar surface area (TPSA) is 82.1 Å². The summed E-state index contributed by atoms with van der Waals surface area (Å²) in [6.45, 7) is 9.58. The van der Waals surface area contributed by atoms with Gasteiger partial charge in [0.2, 0.25) is 0 Å². The summed E-state index contributed by atoms with van der Waals surface area (Å²) in [6.07, 6.45) is 2.02. The van der Waals surface area contributed by atoms with Crippen LogP contribution in [0.5, 0.6) is 0 Å². The molecule has 0 spiro atoms. The van der Waals surface area contributed by atoms with Crippen LogP contribution in [0.4, 0.5) is 0 Å². The number of aliphatic hydroxyl groups excluding tert-OH is 1. The van der Waals surface area contributed by atoms with Crippen LogP contribution in [-0.4, -0.2) is 30.4 Å². The van der Waals surface area contributed by atoms with Crippen LogP contribution in [0.15, 0.2) is 33.9 Å². The Morgan fingerprint density at radius 1 is 1.00 bits per heavy atom. The highest BCUT2D eigenvalue weighted by atomic mass is 16.3. The Labute approximate surface area is 183 Å². The summed E-state index contributed by atoms with van der Waals surface area (Å²) in [5, 5.41) is 9.09. The van der Waals surface area contributed by atoms with Crippen molar-refractivity contribution in [3.05, 3.63) is 50.7 Å². The van der Waals surface area contributed by atoms with Crippen molar-refractivity contribution in [2.45, 2.75) is 66.0 Å². The van der Waals surface area contributed by atoms with Gasteiger partial charge in [0.15, 0.2) is 11.2 Å². The van der Waals surface area contributed by atoms with Crippen molar-refractivity contribution in [1.82, 2.24) is 18.7 Å². The molecule has 7 heteroatoms. The Hall–Kier alpha value is -2.67. The van der Waals surface area contributed by atoms with Crippen LogP contribution in [0, 0.1) is 5.92 Å². The molecule has 0 aliphatic rings. The average Bonchev–Trinajstić information content (AvgIpc) is 3.12. The molecule has 0 atom stereocenters. The number of aliphatic hydroxyl groups is 1. The molecule has 3 aromatic rings. The monoisotopic (exact) mass is 426 g/mol. The SMILES string of the molecule is CC(C)CCn1c(-c2ccccc2C(C)C)nc2c1c(=O)n(CCCCO)c(=O)n2C. The van der Waals surface area contributed by atoms with Crippen LogP contribution in [0.2, 0.25) is 0 Å². The minimum atomic E-state index is -0.368. The van der Waals surface area contributed by atoms with Crippen LogP contribution in [0.3, 0.4) is 0 Å². The molecule has 0 aliphatic heterocycles. The minimum Gasteiger partial charge on any atom is -0.396 e. The first-order valence-corrected chi connectivity index (χ1v) is 11.2. The molecule has 0 radical (unpaired) electrons. The molecule has 2 aromatic heterocycles. The number of nitrogens with zero attached hydrogens (tertiary/aromatic N) is 4. The summed E-state index contributed by atoms with van der Waals surface area (Å²) in [7, 11) is 1.67. The Morgan fingerprint density at radius 2 is 1.71 bits per heavy atom. The Morgan fingerprint density at radius 3 is 2.35 bits per heavy atom. The van der Waals surface area contributed by atoms with Crippen molar-refractivity contribution >= 4 is 11.2 Å². The van der Waals surface area contributed by atoms with Crippen molar-refractivity contribution in [1.29, 1.82) is 0 Å². The lowest BCUT2D eigenvalue weighted by Crippen LogP contribution is -2.39. The van der Waals surface area contributed by atoms with Gasteiger partial charge in [-0.3, -0.25) is 13.9 Å². The van der Waals surface area contributed by atoms with Gasteiger partial charge in [0.05, 0.1) is 0 Å². The number of imidazole rings is 1. The number of aromatic nitrogens is 4. The molecule has 1 N–H and O–H groups in total. The Balaban J connectivity index is 2.32. The lowest BCUT2D eigenvalue weighted by Gasteiger charge is -2.15. The van der Waals surface area contributed by atoms with E-state index in [2.05, 4.69) is 33.8 Å². The van der Waals surface area contributed by atoms with Gasteiger partial charge >= 0.3 is 5.69 Å². The fraction of sp³-hybridized carbons (Fsp3) is 0.542. The van der Waals surface area contributed by atoms with E-state index in [1.54, 1.807) is 7.05 Å². The van der Waals surface area contributed by atoms with Crippen LogP contribution >= 0.6 is 0 Å². The zero-order chi connectivity index (χ0) is 22.7. The molecule has 168 valence electrons. The van der Waals surface area contributed by atoms with Gasteiger partial charge in [0.1, 0.15) is 5.82 Å². The highest BCUT2D eigenvalue weighted by Gasteiger charge is 2.22. The number of fused-ring (bicyclic) bond motifs is 1. The van der Waals surface area contributed by atoms with Gasteiger partial charge in [-0.1, -0.05) is 52.0 Å². The minimum absolute atomic E-state index is 0.0414. The van der Waals surface area contributed by atoms with Crippen molar-refractivity contribution in [3.8, 4) is 11.4 Å². The number of hydrogen-bond donors (Lipinski definition) is 1. The van der Waals surface area contributed by atoms with Gasteiger partial charge in [-0.25, -0.2) is 9.78 Å². The van der Waals surface area contributed by atoms with E-state index in [0.29, 0.717) is 42.4 Å². The zero-order valence-electron chi connectivity index (χ0n) is 19.3. The molecule has 0 saturated carbocycles. The average molecular weight is 427 g/mol. The number of aryl methyl sites for hydroxylation is 2. The molecule has 0 aliphatic carbocycles. The molecule has 0 saturated heterocycles. The van der Waals surface area contributed by atoms with E-state index in [1.165, 1.54) is 9.13 Å². The quantitative estimate of drug-likeness (QED) is 0.531. The number of hydrogen-bond acceptors (Lipinski definition) is 4. The summed E-state index contributed by atoms with van der Waals surface area (Å²) < 4.78 is 4.76. The lowest BCUT2D eigenvalue weighted by atomic mass is 9.97. The zero-order valence-corrected chi connectivity index (χ0v) is 19.3. The third-order valence-electron chi connectivity index (χ3n) is 5.78. The second-order valence-corrected chi connectivity index (χ2v) is 8.91. The molecular weight excluding hydrogens is 392 g/mol. The largest absolute Gasteiger partial charge is 0.396 e. The summed E-state index contributed by atoms with van der Waals surface area (Å²) in [5.74, 6) is 1.50. The smallest absolute Gasteiger partial charge is 0.332 e. The summed E-state index contributed by atoms with van der Waals surface area (Å²) in [6, 6.07) is 8.14. The lowest BCUT2D eigenvalue weighted by molar-refractivity contribution is 0.280. The molecule has 1 aromatic carbocycles. The predicted octanol–water partition coefficient (Wildman–Crippen LogP) is 3.51. The van der Waals surface area contributed by atoms with Gasteiger partial charge in [0.25, 0.3) is 5.56 Å². The first kappa shape index (κ1) is 23.0. The summed E-state index contributed by atoms with van der Waals surface area (Å²) in [4.78, 5) is 31.2. The maximum absolute atomic E-state index is 13.5. The van der Waals surface area contributed by atoms with Gasteiger partial charge in [-0.2, -0.15) is 0 Å². The third kappa shape index (κ3) is 4.51. The second-order valence-electron chi connectivity index (χ2n) is 8.91. The summed E-state index contributed by atoms with van der Waals surface area (Å²) >= 11 is 0. The number of benzene rings is 1. The third-order valence-corrected chi connectivity index (χ3v) is 5.78. The van der Waals surface area contributed by atoms with Gasteiger partial charge in [-0.15, -0.1) is 0 Å². The molecule has 0 fully saturated rings. The number of rotatable bonds is 9.